The van der Waals surface area contributed by atoms with Crippen LogP contribution in [0.4, 0.5) is 0 Å². The van der Waals surface area contributed by atoms with Crippen LogP contribution < -0.4 is 0 Å². The van der Waals surface area contributed by atoms with Crippen LogP contribution in [0.2, 0.25) is 0 Å². The van der Waals surface area contributed by atoms with E-state index in [4.69, 9.17) is 0 Å². The first kappa shape index (κ1) is 16.5. The van der Waals surface area contributed by atoms with Gasteiger partial charge in [-0.15, -0.1) is 0 Å². The van der Waals surface area contributed by atoms with Crippen LogP contribution in [0.3, 0.4) is 0 Å². The molecule has 0 aliphatic carbocycles. The molecule has 0 fully saturated rings. The minimum atomic E-state index is -1.78. The quantitative estimate of drug-likeness (QED) is 0.349. The molecule has 19 heavy (non-hydrogen) atoms. The summed E-state index contributed by atoms with van der Waals surface area (Å²) in [5.74, 6) is 0. The van der Waals surface area contributed by atoms with Gasteiger partial charge < -0.3 is 0 Å². The topological polar surface area (TPSA) is 118 Å². The first-order valence-electron chi connectivity index (χ1n) is 5.52. The van der Waals surface area contributed by atoms with Crippen LogP contribution >= 0.6 is 0 Å². The Morgan fingerprint density at radius 2 is 1.42 bits per heavy atom. The predicted octanol–water partition coefficient (Wildman–Crippen LogP) is 0.932. The van der Waals surface area contributed by atoms with Gasteiger partial charge in [0.05, 0.1) is 0 Å². The van der Waals surface area contributed by atoms with E-state index < -0.39 is 11.8 Å². The summed E-state index contributed by atoms with van der Waals surface area (Å²) in [6, 6.07) is 0. The molecular weight excluding hydrogens is 252 g/mol. The summed E-state index contributed by atoms with van der Waals surface area (Å²) < 4.78 is 0. The Bertz CT molecular complexity index is 443. The SMILES string of the molecule is CCCCCC(N=C=O)(N=C=O)C(N=C=O)N=C=O. The van der Waals surface area contributed by atoms with Crippen LogP contribution in [0, 0.1) is 0 Å². The number of carbonyl (C=O) groups excluding carboxylic acids is 4. The molecule has 0 spiro atoms. The van der Waals surface area contributed by atoms with Crippen molar-refractivity contribution in [2.24, 2.45) is 20.0 Å². The van der Waals surface area contributed by atoms with Crippen LogP contribution in [0.5, 0.6) is 0 Å². The zero-order valence-electron chi connectivity index (χ0n) is 10.3. The lowest BCUT2D eigenvalue weighted by molar-refractivity contribution is 0.328. The summed E-state index contributed by atoms with van der Waals surface area (Å²) in [6.07, 6.45) is 5.65. The average Bonchev–Trinajstić information content (AvgIpc) is 2.39. The van der Waals surface area contributed by atoms with E-state index in [1.165, 1.54) is 24.3 Å². The lowest BCUT2D eigenvalue weighted by atomic mass is 10.00. The van der Waals surface area contributed by atoms with Gasteiger partial charge >= 0.3 is 0 Å². The van der Waals surface area contributed by atoms with E-state index >= 15 is 0 Å². The third kappa shape index (κ3) is 5.13. The molecule has 0 unspecified atom stereocenters. The second-order valence-electron chi connectivity index (χ2n) is 3.56. The predicted molar refractivity (Wildman–Crippen MR) is 63.1 cm³/mol. The van der Waals surface area contributed by atoms with Gasteiger partial charge in [-0.05, 0) is 12.8 Å². The smallest absolute Gasteiger partial charge is 0.211 e. The van der Waals surface area contributed by atoms with E-state index in [-0.39, 0.29) is 6.42 Å². The number of hydrogen-bond acceptors (Lipinski definition) is 8. The van der Waals surface area contributed by atoms with Crippen LogP contribution in [-0.2, 0) is 19.2 Å². The Kier molecular flexibility index (Phi) is 8.29. The summed E-state index contributed by atoms with van der Waals surface area (Å²) in [6.45, 7) is 1.94. The molecule has 100 valence electrons. The Labute approximate surface area is 109 Å². The highest BCUT2D eigenvalue weighted by molar-refractivity contribution is 5.43. The zero-order chi connectivity index (χ0) is 14.6. The van der Waals surface area contributed by atoms with Gasteiger partial charge in [0, 0.05) is 0 Å². The van der Waals surface area contributed by atoms with Crippen molar-refractivity contribution in [3.05, 3.63) is 0 Å². The largest absolute Gasteiger partial charge is 0.237 e. The van der Waals surface area contributed by atoms with Crippen molar-refractivity contribution in [1.29, 1.82) is 0 Å². The molecule has 0 amide bonds. The normalized spacial score (nSPS) is 13.5. The van der Waals surface area contributed by atoms with Crippen molar-refractivity contribution in [1.82, 2.24) is 0 Å². The van der Waals surface area contributed by atoms with Crippen molar-refractivity contribution in [2.45, 2.75) is 44.4 Å². The third-order valence-corrected chi connectivity index (χ3v) is 2.39. The molecule has 0 aliphatic heterocycles. The molecule has 0 aromatic heterocycles. The second kappa shape index (κ2) is 9.54. The molecule has 0 radical (unpaired) electrons. The van der Waals surface area contributed by atoms with Crippen molar-refractivity contribution >= 4 is 24.3 Å². The highest BCUT2D eigenvalue weighted by atomic mass is 16.1. The standard InChI is InChI=1S/C11H12N4O4/c1-2-3-4-5-11(14-8-18,15-9-19)10(12-6-16)13-7-17/h10H,2-5H2,1H3. The van der Waals surface area contributed by atoms with Crippen molar-refractivity contribution in [3.8, 4) is 0 Å². The Hall–Kier alpha value is -2.48. The van der Waals surface area contributed by atoms with Gasteiger partial charge in [-0.25, -0.2) is 19.2 Å². The summed E-state index contributed by atoms with van der Waals surface area (Å²) in [5, 5.41) is 0. The van der Waals surface area contributed by atoms with Gasteiger partial charge in [-0.2, -0.15) is 20.0 Å². The van der Waals surface area contributed by atoms with E-state index in [0.717, 1.165) is 12.8 Å². The van der Waals surface area contributed by atoms with Gasteiger partial charge in [-0.1, -0.05) is 19.8 Å². The highest BCUT2D eigenvalue weighted by Gasteiger charge is 2.39. The van der Waals surface area contributed by atoms with Crippen LogP contribution in [0.25, 0.3) is 0 Å². The van der Waals surface area contributed by atoms with E-state index in [9.17, 15) is 19.2 Å². The van der Waals surface area contributed by atoms with Crippen LogP contribution in [0.1, 0.15) is 32.6 Å². The van der Waals surface area contributed by atoms with E-state index in [1.807, 2.05) is 6.92 Å². The minimum absolute atomic E-state index is 0.0896. The number of isocyanates is 4. The minimum Gasteiger partial charge on any atom is -0.211 e. The van der Waals surface area contributed by atoms with Crippen molar-refractivity contribution < 1.29 is 19.2 Å². The summed E-state index contributed by atoms with van der Waals surface area (Å²) in [7, 11) is 0. The number of aliphatic imine (C=N–C) groups is 4. The van der Waals surface area contributed by atoms with E-state index in [2.05, 4.69) is 20.0 Å². The number of hydrogen-bond donors (Lipinski definition) is 0. The van der Waals surface area contributed by atoms with E-state index in [1.54, 1.807) is 0 Å². The Morgan fingerprint density at radius 1 is 0.895 bits per heavy atom. The molecule has 0 heterocycles. The molecular formula is C11H12N4O4. The Morgan fingerprint density at radius 3 is 1.79 bits per heavy atom. The molecule has 0 atom stereocenters. The molecule has 0 saturated carbocycles. The highest BCUT2D eigenvalue weighted by Crippen LogP contribution is 2.28. The molecule has 0 aromatic rings. The van der Waals surface area contributed by atoms with E-state index in [0.29, 0.717) is 6.42 Å². The summed E-state index contributed by atoms with van der Waals surface area (Å²) in [4.78, 5) is 54.8. The Balaban J connectivity index is 5.63. The van der Waals surface area contributed by atoms with Gasteiger partial charge in [0.1, 0.15) is 0 Å². The lowest BCUT2D eigenvalue weighted by Crippen LogP contribution is -2.36. The molecule has 0 rings (SSSR count). The summed E-state index contributed by atoms with van der Waals surface area (Å²) in [5.41, 5.74) is -1.78. The van der Waals surface area contributed by atoms with Gasteiger partial charge in [0.15, 0.2) is 0 Å². The van der Waals surface area contributed by atoms with Crippen molar-refractivity contribution in [3.63, 3.8) is 0 Å². The molecule has 0 aromatic carbocycles. The molecule has 8 heteroatoms. The molecule has 0 aliphatic rings. The van der Waals surface area contributed by atoms with Crippen molar-refractivity contribution in [2.75, 3.05) is 0 Å². The maximum absolute atomic E-state index is 10.5. The lowest BCUT2D eigenvalue weighted by Gasteiger charge is -2.23. The molecule has 0 N–H and O–H groups in total. The zero-order valence-corrected chi connectivity index (χ0v) is 10.3. The monoisotopic (exact) mass is 264 g/mol. The van der Waals surface area contributed by atoms with Crippen LogP contribution in [0.15, 0.2) is 20.0 Å². The molecule has 0 saturated heterocycles. The summed E-state index contributed by atoms with van der Waals surface area (Å²) >= 11 is 0. The third-order valence-electron chi connectivity index (χ3n) is 2.39. The fraction of sp³-hybridized carbons (Fsp3) is 0.636. The second-order valence-corrected chi connectivity index (χ2v) is 3.56. The van der Waals surface area contributed by atoms with Gasteiger partial charge in [-0.3, -0.25) is 0 Å². The fourth-order valence-electron chi connectivity index (χ4n) is 1.51. The molecule has 8 nitrogen and oxygen atoms in total. The number of unbranched alkanes of at least 4 members (excludes halogenated alkanes) is 2. The van der Waals surface area contributed by atoms with Gasteiger partial charge in [0.2, 0.25) is 36.1 Å². The first-order chi connectivity index (χ1) is 9.20. The van der Waals surface area contributed by atoms with Crippen LogP contribution in [-0.4, -0.2) is 36.1 Å². The number of rotatable bonds is 9. The fourth-order valence-corrected chi connectivity index (χ4v) is 1.51. The van der Waals surface area contributed by atoms with Gasteiger partial charge in [0.25, 0.3) is 0 Å². The first-order valence-corrected chi connectivity index (χ1v) is 5.52. The maximum Gasteiger partial charge on any atom is 0.237 e. The maximum atomic E-state index is 10.5. The average molecular weight is 264 g/mol. The number of nitrogens with zero attached hydrogens (tertiary/aromatic N) is 4. The molecule has 0 bridgehead atoms.